The number of phenolic OH excluding ortho intramolecular Hbond substituents is 1. The normalized spacial score (nSPS) is 12.8. The highest BCUT2D eigenvalue weighted by atomic mass is 16.5. The molecule has 0 saturated heterocycles. The smallest absolute Gasteiger partial charge is 0.248 e. The quantitative estimate of drug-likeness (QED) is 0.469. The van der Waals surface area contributed by atoms with Gasteiger partial charge in [-0.15, -0.1) is 0 Å². The molecule has 3 rings (SSSR count). The van der Waals surface area contributed by atoms with Gasteiger partial charge in [-0.25, -0.2) is 0 Å². The lowest BCUT2D eigenvalue weighted by molar-refractivity contribution is 0.160. The molecule has 0 aliphatic carbocycles. The summed E-state index contributed by atoms with van der Waals surface area (Å²) in [6.07, 6.45) is 0.933. The Balaban J connectivity index is 1.68. The molecular weight excluding hydrogens is 368 g/mol. The van der Waals surface area contributed by atoms with E-state index in [1.165, 1.54) is 12.1 Å². The zero-order chi connectivity index (χ0) is 21.0. The number of aliphatic hydroxyl groups is 1. The Bertz CT molecular complexity index is 1040. The minimum atomic E-state index is -0.783. The highest BCUT2D eigenvalue weighted by molar-refractivity contribution is 5.87. The van der Waals surface area contributed by atoms with Crippen LogP contribution in [-0.2, 0) is 6.42 Å². The average molecular weight is 396 g/mol. The van der Waals surface area contributed by atoms with E-state index in [0.29, 0.717) is 23.0 Å². The van der Waals surface area contributed by atoms with Crippen LogP contribution in [0.25, 0.3) is 10.9 Å². The number of β-amino-alcohol motifs (C(OH)–C–C–N with tert-alkyl or cyclic N) is 1. The van der Waals surface area contributed by atoms with Gasteiger partial charge in [0.05, 0.1) is 18.7 Å². The maximum absolute atomic E-state index is 11.6. The zero-order valence-corrected chi connectivity index (χ0v) is 17.0. The maximum atomic E-state index is 11.6. The number of methoxy groups -OCH3 is 1. The van der Waals surface area contributed by atoms with Gasteiger partial charge in [-0.2, -0.15) is 0 Å². The largest absolute Gasteiger partial charge is 0.506 e. The third-order valence-corrected chi connectivity index (χ3v) is 5.25. The molecule has 0 fully saturated rings. The van der Waals surface area contributed by atoms with Crippen LogP contribution in [0.2, 0.25) is 0 Å². The molecule has 1 aromatic heterocycles. The Kier molecular flexibility index (Phi) is 6.25. The molecule has 2 aromatic carbocycles. The van der Waals surface area contributed by atoms with E-state index in [0.717, 1.165) is 24.2 Å². The first-order valence-corrected chi connectivity index (χ1v) is 9.70. The first kappa shape index (κ1) is 20.9. The third kappa shape index (κ3) is 4.96. The number of aromatic nitrogens is 1. The number of hydrogen-bond donors (Lipinski definition) is 4. The van der Waals surface area contributed by atoms with Gasteiger partial charge >= 0.3 is 0 Å². The first-order chi connectivity index (χ1) is 13.8. The molecule has 1 unspecified atom stereocenters. The van der Waals surface area contributed by atoms with Crippen molar-refractivity contribution in [2.24, 2.45) is 0 Å². The van der Waals surface area contributed by atoms with Crippen LogP contribution in [0.4, 0.5) is 0 Å². The van der Waals surface area contributed by atoms with E-state index in [-0.39, 0.29) is 16.8 Å². The molecule has 6 heteroatoms. The summed E-state index contributed by atoms with van der Waals surface area (Å²) in [7, 11) is 1.67. The fourth-order valence-electron chi connectivity index (χ4n) is 3.48. The lowest BCUT2D eigenvalue weighted by atomic mass is 9.94. The molecule has 0 radical (unpaired) electrons. The van der Waals surface area contributed by atoms with Crippen molar-refractivity contribution in [3.05, 3.63) is 70.0 Å². The predicted molar refractivity (Wildman–Crippen MR) is 115 cm³/mol. The van der Waals surface area contributed by atoms with Gasteiger partial charge in [-0.1, -0.05) is 24.3 Å². The van der Waals surface area contributed by atoms with E-state index in [1.807, 2.05) is 18.2 Å². The Hall–Kier alpha value is -2.83. The zero-order valence-electron chi connectivity index (χ0n) is 17.0. The molecule has 0 saturated carbocycles. The van der Waals surface area contributed by atoms with Crippen molar-refractivity contribution in [2.45, 2.75) is 38.3 Å². The second kappa shape index (κ2) is 8.68. The molecule has 0 spiro atoms. The monoisotopic (exact) mass is 396 g/mol. The SMILES string of the molecule is COc1ccccc1CCC(C)(C)NCC(O)c1ccc(O)c2[nH]c(=O)ccc12. The Morgan fingerprint density at radius 2 is 1.90 bits per heavy atom. The number of hydrogen-bond acceptors (Lipinski definition) is 5. The second-order valence-electron chi connectivity index (χ2n) is 7.88. The van der Waals surface area contributed by atoms with Gasteiger partial charge < -0.3 is 25.3 Å². The lowest BCUT2D eigenvalue weighted by Crippen LogP contribution is -2.42. The molecule has 0 bridgehead atoms. The summed E-state index contributed by atoms with van der Waals surface area (Å²) < 4.78 is 5.42. The number of rotatable bonds is 8. The Morgan fingerprint density at radius 3 is 2.66 bits per heavy atom. The Labute approximate surface area is 170 Å². The number of nitrogens with one attached hydrogen (secondary N) is 2. The van der Waals surface area contributed by atoms with Crippen molar-refractivity contribution in [1.82, 2.24) is 10.3 Å². The summed E-state index contributed by atoms with van der Waals surface area (Å²) in [5.74, 6) is 0.867. The molecule has 0 amide bonds. The first-order valence-electron chi connectivity index (χ1n) is 9.70. The second-order valence-corrected chi connectivity index (χ2v) is 7.88. The number of aromatic hydroxyl groups is 1. The number of H-pyrrole nitrogens is 1. The number of aryl methyl sites for hydroxylation is 1. The highest BCUT2D eigenvalue weighted by Gasteiger charge is 2.21. The molecule has 0 aliphatic heterocycles. The van der Waals surface area contributed by atoms with E-state index < -0.39 is 6.10 Å². The minimum Gasteiger partial charge on any atom is -0.506 e. The van der Waals surface area contributed by atoms with Crippen molar-refractivity contribution >= 4 is 10.9 Å². The number of benzene rings is 2. The lowest BCUT2D eigenvalue weighted by Gasteiger charge is -2.28. The minimum absolute atomic E-state index is 0.0150. The number of pyridine rings is 1. The van der Waals surface area contributed by atoms with Gasteiger partial charge in [0.15, 0.2) is 0 Å². The standard InChI is InChI=1S/C23H28N2O4/c1-23(2,13-12-15-6-4-5-7-20(15)29-3)24-14-19(27)16-8-10-18(26)22-17(16)9-11-21(28)25-22/h4-11,19,24,26-27H,12-14H2,1-3H3,(H,25,28). The number of aromatic amines is 1. The van der Waals surface area contributed by atoms with Crippen molar-refractivity contribution in [2.75, 3.05) is 13.7 Å². The maximum Gasteiger partial charge on any atom is 0.248 e. The molecule has 154 valence electrons. The van der Waals surface area contributed by atoms with Crippen LogP contribution in [0.5, 0.6) is 11.5 Å². The number of aliphatic hydroxyl groups excluding tert-OH is 1. The van der Waals surface area contributed by atoms with Crippen molar-refractivity contribution in [3.63, 3.8) is 0 Å². The number of ether oxygens (including phenoxy) is 1. The van der Waals surface area contributed by atoms with E-state index in [2.05, 4.69) is 30.2 Å². The van der Waals surface area contributed by atoms with Crippen LogP contribution in [0.15, 0.2) is 53.3 Å². The molecular formula is C23H28N2O4. The van der Waals surface area contributed by atoms with Crippen LogP contribution in [0.1, 0.15) is 37.5 Å². The molecule has 1 heterocycles. The predicted octanol–water partition coefficient (Wildman–Crippen LogP) is 3.28. The number of phenols is 1. The number of para-hydroxylation sites is 1. The Morgan fingerprint density at radius 1 is 1.14 bits per heavy atom. The van der Waals surface area contributed by atoms with Crippen LogP contribution < -0.4 is 15.6 Å². The van der Waals surface area contributed by atoms with Gasteiger partial charge in [0, 0.05) is 23.5 Å². The van der Waals surface area contributed by atoms with Crippen LogP contribution >= 0.6 is 0 Å². The van der Waals surface area contributed by atoms with Gasteiger partial charge in [0.25, 0.3) is 0 Å². The van der Waals surface area contributed by atoms with E-state index in [1.54, 1.807) is 19.2 Å². The summed E-state index contributed by atoms with van der Waals surface area (Å²) >= 11 is 0. The van der Waals surface area contributed by atoms with Gasteiger partial charge in [-0.05, 0) is 56.0 Å². The van der Waals surface area contributed by atoms with Crippen LogP contribution in [-0.4, -0.2) is 34.4 Å². The molecule has 6 nitrogen and oxygen atoms in total. The molecule has 1 atom stereocenters. The third-order valence-electron chi connectivity index (χ3n) is 5.25. The summed E-state index contributed by atoms with van der Waals surface area (Å²) in [6.45, 7) is 4.54. The van der Waals surface area contributed by atoms with E-state index in [4.69, 9.17) is 4.74 Å². The topological polar surface area (TPSA) is 94.6 Å². The molecule has 0 aliphatic rings. The summed E-state index contributed by atoms with van der Waals surface area (Å²) in [4.78, 5) is 14.2. The summed E-state index contributed by atoms with van der Waals surface area (Å²) in [5.41, 5.74) is 1.64. The van der Waals surface area contributed by atoms with Crippen molar-refractivity contribution < 1.29 is 14.9 Å². The van der Waals surface area contributed by atoms with Gasteiger partial charge in [-0.3, -0.25) is 4.79 Å². The van der Waals surface area contributed by atoms with Gasteiger partial charge in [0.1, 0.15) is 11.5 Å². The summed E-state index contributed by atoms with van der Waals surface area (Å²) in [6, 6.07) is 14.2. The van der Waals surface area contributed by atoms with E-state index in [9.17, 15) is 15.0 Å². The number of fused-ring (bicyclic) bond motifs is 1. The molecule has 29 heavy (non-hydrogen) atoms. The van der Waals surface area contributed by atoms with E-state index >= 15 is 0 Å². The van der Waals surface area contributed by atoms with Crippen molar-refractivity contribution in [3.8, 4) is 11.5 Å². The average Bonchev–Trinajstić information content (AvgIpc) is 2.71. The fourth-order valence-corrected chi connectivity index (χ4v) is 3.48. The fraction of sp³-hybridized carbons (Fsp3) is 0.348. The van der Waals surface area contributed by atoms with Gasteiger partial charge in [0.2, 0.25) is 5.56 Å². The van der Waals surface area contributed by atoms with Crippen molar-refractivity contribution in [1.29, 1.82) is 0 Å². The molecule has 3 aromatic rings. The molecule has 4 N–H and O–H groups in total. The summed E-state index contributed by atoms with van der Waals surface area (Å²) in [5, 5.41) is 24.8. The highest BCUT2D eigenvalue weighted by Crippen LogP contribution is 2.29. The van der Waals surface area contributed by atoms with Crippen LogP contribution in [0.3, 0.4) is 0 Å². The van der Waals surface area contributed by atoms with Crippen LogP contribution in [0, 0.1) is 0 Å².